The second kappa shape index (κ2) is 7.06. The Hall–Kier alpha value is -1.11. The predicted molar refractivity (Wildman–Crippen MR) is 78.4 cm³/mol. The van der Waals surface area contributed by atoms with E-state index < -0.39 is 16.1 Å². The van der Waals surface area contributed by atoms with Crippen LogP contribution in [0.5, 0.6) is 5.75 Å². The van der Waals surface area contributed by atoms with Crippen molar-refractivity contribution in [1.29, 1.82) is 0 Å². The largest absolute Gasteiger partial charge is 0.494 e. The summed E-state index contributed by atoms with van der Waals surface area (Å²) in [6.07, 6.45) is 0. The minimum atomic E-state index is -3.64. The van der Waals surface area contributed by atoms with Crippen LogP contribution in [-0.2, 0) is 10.0 Å². The number of hydrogen-bond acceptors (Lipinski definition) is 4. The minimum absolute atomic E-state index is 0.0126. The van der Waals surface area contributed by atoms with Crippen molar-refractivity contribution >= 4 is 10.0 Å². The van der Waals surface area contributed by atoms with Gasteiger partial charge in [0.05, 0.1) is 18.1 Å². The van der Waals surface area contributed by atoms with Crippen molar-refractivity contribution in [3.63, 3.8) is 0 Å². The van der Waals surface area contributed by atoms with Gasteiger partial charge in [-0.25, -0.2) is 13.1 Å². The number of benzene rings is 1. The van der Waals surface area contributed by atoms with Gasteiger partial charge in [0.1, 0.15) is 5.75 Å². The van der Waals surface area contributed by atoms with E-state index in [0.717, 1.165) is 5.56 Å². The number of aliphatic hydroxyl groups is 1. The first-order chi connectivity index (χ1) is 9.31. The Balaban J connectivity index is 3.01. The van der Waals surface area contributed by atoms with E-state index in [4.69, 9.17) is 4.74 Å². The van der Waals surface area contributed by atoms with E-state index in [1.807, 2.05) is 20.8 Å². The molecule has 1 aromatic rings. The van der Waals surface area contributed by atoms with Crippen LogP contribution in [0.3, 0.4) is 0 Å². The van der Waals surface area contributed by atoms with Crippen LogP contribution < -0.4 is 9.46 Å². The first-order valence-electron chi connectivity index (χ1n) is 6.68. The molecule has 1 rings (SSSR count). The molecule has 1 unspecified atom stereocenters. The molecular formula is C14H23NO4S. The molecule has 114 valence electrons. The highest BCUT2D eigenvalue weighted by atomic mass is 32.2. The highest BCUT2D eigenvalue weighted by Crippen LogP contribution is 2.22. The molecule has 0 spiro atoms. The van der Waals surface area contributed by atoms with E-state index in [-0.39, 0.29) is 17.4 Å². The fraction of sp³-hybridized carbons (Fsp3) is 0.571. The lowest BCUT2D eigenvalue weighted by atomic mass is 10.1. The summed E-state index contributed by atoms with van der Waals surface area (Å²) in [4.78, 5) is 0.178. The molecule has 0 fully saturated rings. The van der Waals surface area contributed by atoms with E-state index in [1.54, 1.807) is 19.1 Å². The average molecular weight is 301 g/mol. The van der Waals surface area contributed by atoms with Gasteiger partial charge in [-0.1, -0.05) is 13.8 Å². The van der Waals surface area contributed by atoms with E-state index in [1.165, 1.54) is 6.07 Å². The number of aryl methyl sites for hydroxylation is 1. The third kappa shape index (κ3) is 4.19. The summed E-state index contributed by atoms with van der Waals surface area (Å²) in [6.45, 7) is 7.69. The molecule has 0 aromatic heterocycles. The van der Waals surface area contributed by atoms with Crippen LogP contribution in [0, 0.1) is 12.8 Å². The molecule has 0 aliphatic carbocycles. The smallest absolute Gasteiger partial charge is 0.240 e. The zero-order valence-corrected chi connectivity index (χ0v) is 13.2. The van der Waals surface area contributed by atoms with Crippen LogP contribution in [0.2, 0.25) is 0 Å². The van der Waals surface area contributed by atoms with E-state index in [2.05, 4.69) is 4.72 Å². The maximum Gasteiger partial charge on any atom is 0.240 e. The van der Waals surface area contributed by atoms with Crippen LogP contribution in [0.4, 0.5) is 0 Å². The fourth-order valence-corrected chi connectivity index (χ4v) is 3.22. The Kier molecular flexibility index (Phi) is 5.98. The van der Waals surface area contributed by atoms with Gasteiger partial charge < -0.3 is 9.84 Å². The van der Waals surface area contributed by atoms with Gasteiger partial charge in [0.2, 0.25) is 10.0 Å². The Morgan fingerprint density at radius 1 is 1.35 bits per heavy atom. The Labute approximate surface area is 121 Å². The van der Waals surface area contributed by atoms with Gasteiger partial charge >= 0.3 is 0 Å². The first-order valence-corrected chi connectivity index (χ1v) is 8.16. The molecule has 0 saturated heterocycles. The van der Waals surface area contributed by atoms with Gasteiger partial charge in [-0.3, -0.25) is 0 Å². The van der Waals surface area contributed by atoms with Crippen LogP contribution in [0.15, 0.2) is 23.1 Å². The van der Waals surface area contributed by atoms with Crippen LogP contribution >= 0.6 is 0 Å². The second-order valence-electron chi connectivity index (χ2n) is 5.01. The summed E-state index contributed by atoms with van der Waals surface area (Å²) < 4.78 is 32.4. The van der Waals surface area contributed by atoms with Crippen molar-refractivity contribution in [1.82, 2.24) is 4.72 Å². The second-order valence-corrected chi connectivity index (χ2v) is 6.73. The number of aliphatic hydroxyl groups excluding tert-OH is 1. The van der Waals surface area contributed by atoms with Gasteiger partial charge in [-0.05, 0) is 43.5 Å². The number of nitrogens with one attached hydrogen (secondary N) is 1. The molecule has 0 aliphatic heterocycles. The first kappa shape index (κ1) is 16.9. The van der Waals surface area contributed by atoms with Crippen molar-refractivity contribution in [2.24, 2.45) is 5.92 Å². The number of hydrogen-bond donors (Lipinski definition) is 2. The highest BCUT2D eigenvalue weighted by Gasteiger charge is 2.22. The summed E-state index contributed by atoms with van der Waals surface area (Å²) in [5.41, 5.74) is 0.764. The zero-order chi connectivity index (χ0) is 15.3. The maximum atomic E-state index is 12.3. The normalized spacial score (nSPS) is 13.5. The molecule has 0 radical (unpaired) electrons. The molecule has 6 heteroatoms. The molecule has 0 aliphatic rings. The van der Waals surface area contributed by atoms with Gasteiger partial charge in [0.15, 0.2) is 0 Å². The van der Waals surface area contributed by atoms with Crippen molar-refractivity contribution < 1.29 is 18.3 Å². The molecule has 0 saturated carbocycles. The third-order valence-electron chi connectivity index (χ3n) is 3.06. The molecule has 0 bridgehead atoms. The topological polar surface area (TPSA) is 75.6 Å². The lowest BCUT2D eigenvalue weighted by Gasteiger charge is -2.20. The standard InChI is InChI=1S/C14H23NO4S/c1-5-19-14-7-6-12(8-11(14)4)20(17,18)15-13(9-16)10(2)3/h6-8,10,13,15-16H,5,9H2,1-4H3. The maximum absolute atomic E-state index is 12.3. The molecule has 1 atom stereocenters. The Morgan fingerprint density at radius 3 is 2.45 bits per heavy atom. The summed E-state index contributed by atoms with van der Waals surface area (Å²) in [7, 11) is -3.64. The van der Waals surface area contributed by atoms with Gasteiger partial charge in [0, 0.05) is 6.04 Å². The molecule has 1 aromatic carbocycles. The molecule has 0 heterocycles. The van der Waals surface area contributed by atoms with Crippen molar-refractivity contribution in [2.75, 3.05) is 13.2 Å². The zero-order valence-electron chi connectivity index (χ0n) is 12.4. The number of ether oxygens (including phenoxy) is 1. The fourth-order valence-electron chi connectivity index (χ4n) is 1.76. The van der Waals surface area contributed by atoms with Crippen LogP contribution in [0.1, 0.15) is 26.3 Å². The third-order valence-corrected chi connectivity index (χ3v) is 4.55. The SMILES string of the molecule is CCOc1ccc(S(=O)(=O)NC(CO)C(C)C)cc1C. The summed E-state index contributed by atoms with van der Waals surface area (Å²) in [5.74, 6) is 0.688. The minimum Gasteiger partial charge on any atom is -0.494 e. The molecular weight excluding hydrogens is 278 g/mol. The molecule has 5 nitrogen and oxygen atoms in total. The quantitative estimate of drug-likeness (QED) is 0.803. The summed E-state index contributed by atoms with van der Waals surface area (Å²) >= 11 is 0. The predicted octanol–water partition coefficient (Wildman–Crippen LogP) is 1.69. The lowest BCUT2D eigenvalue weighted by molar-refractivity contribution is 0.227. The van der Waals surface area contributed by atoms with Crippen molar-refractivity contribution in [3.8, 4) is 5.75 Å². The Morgan fingerprint density at radius 2 is 2.00 bits per heavy atom. The molecule has 0 amide bonds. The number of rotatable bonds is 7. The van der Waals surface area contributed by atoms with E-state index in [0.29, 0.717) is 12.4 Å². The van der Waals surface area contributed by atoms with Crippen LogP contribution in [-0.4, -0.2) is 32.8 Å². The monoisotopic (exact) mass is 301 g/mol. The number of sulfonamides is 1. The summed E-state index contributed by atoms with van der Waals surface area (Å²) in [5, 5.41) is 9.23. The van der Waals surface area contributed by atoms with Crippen LogP contribution in [0.25, 0.3) is 0 Å². The molecule has 20 heavy (non-hydrogen) atoms. The summed E-state index contributed by atoms with van der Waals surface area (Å²) in [6, 6.07) is 4.24. The van der Waals surface area contributed by atoms with Gasteiger partial charge in [-0.2, -0.15) is 0 Å². The van der Waals surface area contributed by atoms with E-state index >= 15 is 0 Å². The molecule has 2 N–H and O–H groups in total. The van der Waals surface area contributed by atoms with Gasteiger partial charge in [0.25, 0.3) is 0 Å². The van der Waals surface area contributed by atoms with Crippen molar-refractivity contribution in [2.45, 2.75) is 38.6 Å². The van der Waals surface area contributed by atoms with E-state index in [9.17, 15) is 13.5 Å². The average Bonchev–Trinajstić information content (AvgIpc) is 2.38. The highest BCUT2D eigenvalue weighted by molar-refractivity contribution is 7.89. The van der Waals surface area contributed by atoms with Crippen molar-refractivity contribution in [3.05, 3.63) is 23.8 Å². The van der Waals surface area contributed by atoms with Gasteiger partial charge in [-0.15, -0.1) is 0 Å². The lowest BCUT2D eigenvalue weighted by Crippen LogP contribution is -2.41. The Bertz CT molecular complexity index is 540.